The average Bonchev–Trinajstić information content (AvgIpc) is 2.47. The molecule has 1 amide bonds. The summed E-state index contributed by atoms with van der Waals surface area (Å²) >= 11 is 0. The maximum Gasteiger partial charge on any atom is 0.335 e. The number of carboxylic acids is 1. The summed E-state index contributed by atoms with van der Waals surface area (Å²) in [5.41, 5.74) is 1.37. The van der Waals surface area contributed by atoms with Crippen LogP contribution in [0.25, 0.3) is 0 Å². The molecule has 0 aromatic heterocycles. The first-order valence-corrected chi connectivity index (χ1v) is 7.01. The Labute approximate surface area is 117 Å². The molecule has 5 nitrogen and oxygen atoms in total. The van der Waals surface area contributed by atoms with Crippen molar-refractivity contribution in [2.75, 3.05) is 18.0 Å². The Morgan fingerprint density at radius 2 is 2.00 bits per heavy atom. The second-order valence-electron chi connectivity index (χ2n) is 5.56. The third-order valence-corrected chi connectivity index (χ3v) is 4.30. The number of nitrogens with zero attached hydrogens (tertiary/aromatic N) is 1. The standard InChI is InChI=1S/C15H18N2O3/c18-14-6-3-11-9-17(8-7-13(11)16-14)12-4-1-10(2-5-12)15(19)20/h1-2,4-5,11,13H,3,6-9H2,(H,16,18)(H,19,20). The number of anilines is 1. The van der Waals surface area contributed by atoms with Gasteiger partial charge in [-0.05, 0) is 43.0 Å². The molecule has 0 aliphatic carbocycles. The van der Waals surface area contributed by atoms with E-state index in [-0.39, 0.29) is 5.91 Å². The van der Waals surface area contributed by atoms with Crippen LogP contribution < -0.4 is 10.2 Å². The van der Waals surface area contributed by atoms with Gasteiger partial charge >= 0.3 is 5.97 Å². The zero-order valence-electron chi connectivity index (χ0n) is 11.2. The van der Waals surface area contributed by atoms with Gasteiger partial charge in [0, 0.05) is 31.2 Å². The molecule has 2 heterocycles. The Kier molecular flexibility index (Phi) is 3.34. The predicted octanol–water partition coefficient (Wildman–Crippen LogP) is 1.49. The van der Waals surface area contributed by atoms with Crippen molar-refractivity contribution in [1.29, 1.82) is 0 Å². The van der Waals surface area contributed by atoms with Gasteiger partial charge in [-0.2, -0.15) is 0 Å². The van der Waals surface area contributed by atoms with Gasteiger partial charge in [-0.15, -0.1) is 0 Å². The van der Waals surface area contributed by atoms with Crippen molar-refractivity contribution in [3.8, 4) is 0 Å². The van der Waals surface area contributed by atoms with E-state index >= 15 is 0 Å². The highest BCUT2D eigenvalue weighted by atomic mass is 16.4. The second kappa shape index (κ2) is 5.15. The number of carbonyl (C=O) groups is 2. The fraction of sp³-hybridized carbons (Fsp3) is 0.467. The third kappa shape index (κ3) is 2.48. The van der Waals surface area contributed by atoms with E-state index in [1.807, 2.05) is 12.1 Å². The van der Waals surface area contributed by atoms with Gasteiger partial charge in [0.1, 0.15) is 0 Å². The molecule has 0 spiro atoms. The summed E-state index contributed by atoms with van der Waals surface area (Å²) in [6.45, 7) is 1.82. The SMILES string of the molecule is O=C1CCC2CN(c3ccc(C(=O)O)cc3)CCC2N1. The minimum atomic E-state index is -0.898. The molecule has 2 unspecified atom stereocenters. The summed E-state index contributed by atoms with van der Waals surface area (Å²) in [5, 5.41) is 12.0. The molecule has 0 radical (unpaired) electrons. The van der Waals surface area contributed by atoms with Gasteiger partial charge in [0.2, 0.25) is 5.91 Å². The normalized spacial score (nSPS) is 25.8. The Morgan fingerprint density at radius 1 is 1.25 bits per heavy atom. The van der Waals surface area contributed by atoms with Crippen LogP contribution in [0, 0.1) is 5.92 Å². The Hall–Kier alpha value is -2.04. The van der Waals surface area contributed by atoms with Crippen LogP contribution in [0.4, 0.5) is 5.69 Å². The molecule has 2 saturated heterocycles. The van der Waals surface area contributed by atoms with E-state index in [0.29, 0.717) is 23.9 Å². The lowest BCUT2D eigenvalue weighted by Gasteiger charge is -2.42. The van der Waals surface area contributed by atoms with Crippen LogP contribution in [0.5, 0.6) is 0 Å². The number of amides is 1. The molecule has 1 aromatic carbocycles. The van der Waals surface area contributed by atoms with Gasteiger partial charge in [0.05, 0.1) is 5.56 Å². The van der Waals surface area contributed by atoms with Crippen LogP contribution in [0.15, 0.2) is 24.3 Å². The quantitative estimate of drug-likeness (QED) is 0.857. The molecule has 20 heavy (non-hydrogen) atoms. The molecule has 5 heteroatoms. The highest BCUT2D eigenvalue weighted by molar-refractivity contribution is 5.88. The van der Waals surface area contributed by atoms with Crippen molar-refractivity contribution in [1.82, 2.24) is 5.32 Å². The molecule has 1 aromatic rings. The van der Waals surface area contributed by atoms with E-state index in [9.17, 15) is 9.59 Å². The molecule has 106 valence electrons. The molecule has 3 rings (SSSR count). The zero-order valence-corrected chi connectivity index (χ0v) is 11.2. The largest absolute Gasteiger partial charge is 0.478 e. The molecular weight excluding hydrogens is 256 g/mol. The van der Waals surface area contributed by atoms with Gasteiger partial charge < -0.3 is 15.3 Å². The fourth-order valence-electron chi connectivity index (χ4n) is 3.16. The maximum atomic E-state index is 11.4. The lowest BCUT2D eigenvalue weighted by molar-refractivity contribution is -0.124. The minimum Gasteiger partial charge on any atom is -0.478 e. The molecule has 2 fully saturated rings. The fourth-order valence-corrected chi connectivity index (χ4v) is 3.16. The van der Waals surface area contributed by atoms with E-state index in [1.54, 1.807) is 12.1 Å². The summed E-state index contributed by atoms with van der Waals surface area (Å²) in [5.74, 6) is -0.226. The van der Waals surface area contributed by atoms with Crippen LogP contribution in [0.2, 0.25) is 0 Å². The van der Waals surface area contributed by atoms with Gasteiger partial charge in [0.25, 0.3) is 0 Å². The summed E-state index contributed by atoms with van der Waals surface area (Å²) < 4.78 is 0. The van der Waals surface area contributed by atoms with Crippen molar-refractivity contribution in [3.63, 3.8) is 0 Å². The number of hydrogen-bond acceptors (Lipinski definition) is 3. The lowest BCUT2D eigenvalue weighted by Crippen LogP contribution is -2.54. The third-order valence-electron chi connectivity index (χ3n) is 4.30. The molecule has 0 saturated carbocycles. The first-order chi connectivity index (χ1) is 9.63. The Bertz CT molecular complexity index is 526. The first kappa shape index (κ1) is 13.0. The van der Waals surface area contributed by atoms with Crippen LogP contribution >= 0.6 is 0 Å². The van der Waals surface area contributed by atoms with Crippen LogP contribution in [0.1, 0.15) is 29.6 Å². The molecule has 2 atom stereocenters. The summed E-state index contributed by atoms with van der Waals surface area (Å²) in [6.07, 6.45) is 2.52. The van der Waals surface area contributed by atoms with Crippen LogP contribution in [0.3, 0.4) is 0 Å². The molecule has 2 N–H and O–H groups in total. The van der Waals surface area contributed by atoms with Gasteiger partial charge in [0.15, 0.2) is 0 Å². The van der Waals surface area contributed by atoms with E-state index in [0.717, 1.165) is 31.6 Å². The van der Waals surface area contributed by atoms with E-state index in [2.05, 4.69) is 10.2 Å². The van der Waals surface area contributed by atoms with E-state index < -0.39 is 5.97 Å². The number of aromatic carboxylic acids is 1. The Balaban J connectivity index is 1.69. The Morgan fingerprint density at radius 3 is 2.70 bits per heavy atom. The summed E-state index contributed by atoms with van der Waals surface area (Å²) in [4.78, 5) is 24.5. The number of carboxylic acid groups (broad SMARTS) is 1. The van der Waals surface area contributed by atoms with Crippen LogP contribution in [-0.2, 0) is 4.79 Å². The van der Waals surface area contributed by atoms with Crippen molar-refractivity contribution < 1.29 is 14.7 Å². The number of nitrogens with one attached hydrogen (secondary N) is 1. The number of hydrogen-bond donors (Lipinski definition) is 2. The summed E-state index contributed by atoms with van der Waals surface area (Å²) in [6, 6.07) is 7.33. The molecule has 2 aliphatic rings. The lowest BCUT2D eigenvalue weighted by atomic mass is 9.85. The molecule has 0 bridgehead atoms. The van der Waals surface area contributed by atoms with E-state index in [4.69, 9.17) is 5.11 Å². The van der Waals surface area contributed by atoms with Crippen molar-refractivity contribution in [3.05, 3.63) is 29.8 Å². The van der Waals surface area contributed by atoms with Gasteiger partial charge in [-0.3, -0.25) is 4.79 Å². The van der Waals surface area contributed by atoms with Crippen molar-refractivity contribution in [2.24, 2.45) is 5.92 Å². The van der Waals surface area contributed by atoms with Crippen LogP contribution in [-0.4, -0.2) is 36.1 Å². The topological polar surface area (TPSA) is 69.6 Å². The first-order valence-electron chi connectivity index (χ1n) is 7.01. The number of piperidine rings is 2. The highest BCUT2D eigenvalue weighted by Gasteiger charge is 2.33. The number of fused-ring (bicyclic) bond motifs is 1. The zero-order chi connectivity index (χ0) is 14.1. The number of rotatable bonds is 2. The maximum absolute atomic E-state index is 11.4. The van der Waals surface area contributed by atoms with Gasteiger partial charge in [-0.25, -0.2) is 4.79 Å². The molecule has 2 aliphatic heterocycles. The monoisotopic (exact) mass is 274 g/mol. The van der Waals surface area contributed by atoms with E-state index in [1.165, 1.54) is 0 Å². The minimum absolute atomic E-state index is 0.172. The van der Waals surface area contributed by atoms with Crippen molar-refractivity contribution in [2.45, 2.75) is 25.3 Å². The van der Waals surface area contributed by atoms with Gasteiger partial charge in [-0.1, -0.05) is 0 Å². The smallest absolute Gasteiger partial charge is 0.335 e. The second-order valence-corrected chi connectivity index (χ2v) is 5.56. The van der Waals surface area contributed by atoms with Crippen molar-refractivity contribution >= 4 is 17.6 Å². The predicted molar refractivity (Wildman–Crippen MR) is 74.9 cm³/mol. The number of carbonyl (C=O) groups excluding carboxylic acids is 1. The summed E-state index contributed by atoms with van der Waals surface area (Å²) in [7, 11) is 0. The highest BCUT2D eigenvalue weighted by Crippen LogP contribution is 2.28. The molecular formula is C15H18N2O3. The average molecular weight is 274 g/mol. The number of benzene rings is 1.